The molecule has 2 heterocycles. The van der Waals surface area contributed by atoms with Gasteiger partial charge in [0.05, 0.1) is 18.9 Å². The van der Waals surface area contributed by atoms with Crippen molar-refractivity contribution >= 4 is 34.7 Å². The molecule has 0 radical (unpaired) electrons. The Morgan fingerprint density at radius 1 is 1.11 bits per heavy atom. The van der Waals surface area contributed by atoms with Crippen LogP contribution in [0.4, 0.5) is 42.0 Å². The van der Waals surface area contributed by atoms with Crippen LogP contribution in [0.3, 0.4) is 0 Å². The molecule has 0 unspecified atom stereocenters. The molecular weight excluding hydrogens is 497 g/mol. The largest absolute Gasteiger partial charge is 0.337 e. The van der Waals surface area contributed by atoms with E-state index in [-0.39, 0.29) is 28.6 Å². The zero-order chi connectivity index (χ0) is 28.1. The first kappa shape index (κ1) is 25.0. The Bertz CT molecular complexity index is 1520. The van der Waals surface area contributed by atoms with Crippen LogP contribution in [-0.4, -0.2) is 51.2 Å². The minimum atomic E-state index is -1.08. The maximum absolute atomic E-state index is 14.8. The molecule has 4 aromatic rings. The lowest BCUT2D eigenvalue weighted by atomic mass is 10.1. The van der Waals surface area contributed by atoms with Crippen molar-refractivity contribution in [2.75, 3.05) is 36.6 Å². The van der Waals surface area contributed by atoms with Gasteiger partial charge in [-0.1, -0.05) is 6.08 Å². The summed E-state index contributed by atoms with van der Waals surface area (Å²) in [6.45, 7) is 0.567. The molecule has 0 saturated heterocycles. The third kappa shape index (κ3) is 6.95. The SMILES string of the molecule is [2H]c1c(F)cc(-c2cnc(Nc3cnn(C)c3)nc2Nc2cc(NC(=O)/C=C/CN(C)C)ccc2F)cc1F. The van der Waals surface area contributed by atoms with Gasteiger partial charge in [-0.2, -0.15) is 10.1 Å². The lowest BCUT2D eigenvalue weighted by Crippen LogP contribution is -2.13. The van der Waals surface area contributed by atoms with Crippen molar-refractivity contribution in [3.63, 3.8) is 0 Å². The normalized spacial score (nSPS) is 11.6. The molecule has 2 aromatic carbocycles. The van der Waals surface area contributed by atoms with E-state index in [0.717, 1.165) is 18.2 Å². The van der Waals surface area contributed by atoms with E-state index < -0.39 is 29.4 Å². The first-order valence-corrected chi connectivity index (χ1v) is 11.4. The van der Waals surface area contributed by atoms with Crippen LogP contribution in [0.1, 0.15) is 1.37 Å². The molecule has 2 aromatic heterocycles. The van der Waals surface area contributed by atoms with Crippen molar-refractivity contribution in [1.82, 2.24) is 24.6 Å². The number of aryl methyl sites for hydroxylation is 1. The number of nitrogens with one attached hydrogen (secondary N) is 3. The second-order valence-electron chi connectivity index (χ2n) is 8.52. The van der Waals surface area contributed by atoms with Gasteiger partial charge in [0.15, 0.2) is 0 Å². The smallest absolute Gasteiger partial charge is 0.248 e. The van der Waals surface area contributed by atoms with Crippen LogP contribution < -0.4 is 16.0 Å². The number of likely N-dealkylation sites (N-methyl/N-ethyl adjacent to an activating group) is 1. The quantitative estimate of drug-likeness (QED) is 0.270. The molecule has 9 nitrogen and oxygen atoms in total. The summed E-state index contributed by atoms with van der Waals surface area (Å²) in [6, 6.07) is 4.98. The molecule has 0 aliphatic carbocycles. The van der Waals surface area contributed by atoms with Crippen molar-refractivity contribution in [1.29, 1.82) is 0 Å². The van der Waals surface area contributed by atoms with E-state index >= 15 is 0 Å². The fraction of sp³-hybridized carbons (Fsp3) is 0.154. The summed E-state index contributed by atoms with van der Waals surface area (Å²) in [7, 11) is 5.46. The zero-order valence-corrected chi connectivity index (χ0v) is 20.8. The van der Waals surface area contributed by atoms with E-state index in [1.54, 1.807) is 30.2 Å². The first-order chi connectivity index (χ1) is 18.6. The number of hydrogen-bond acceptors (Lipinski definition) is 7. The fourth-order valence-corrected chi connectivity index (χ4v) is 3.40. The minimum Gasteiger partial charge on any atom is -0.337 e. The third-order valence-corrected chi connectivity index (χ3v) is 5.09. The highest BCUT2D eigenvalue weighted by Gasteiger charge is 2.15. The predicted octanol–water partition coefficient (Wildman–Crippen LogP) is 4.84. The van der Waals surface area contributed by atoms with Gasteiger partial charge in [0.1, 0.15) is 23.3 Å². The summed E-state index contributed by atoms with van der Waals surface area (Å²) in [5.41, 5.74) is 0.996. The van der Waals surface area contributed by atoms with E-state index in [1.165, 1.54) is 24.4 Å². The van der Waals surface area contributed by atoms with Gasteiger partial charge in [-0.05, 0) is 50.0 Å². The van der Waals surface area contributed by atoms with Crippen LogP contribution in [0.15, 0.2) is 67.1 Å². The summed E-state index contributed by atoms with van der Waals surface area (Å²) in [5, 5.41) is 12.5. The van der Waals surface area contributed by atoms with Gasteiger partial charge in [-0.15, -0.1) is 0 Å². The van der Waals surface area contributed by atoms with E-state index in [9.17, 15) is 18.0 Å². The fourth-order valence-electron chi connectivity index (χ4n) is 3.40. The molecule has 38 heavy (non-hydrogen) atoms. The van der Waals surface area contributed by atoms with Crippen LogP contribution in [0.5, 0.6) is 0 Å². The van der Waals surface area contributed by atoms with Crippen LogP contribution in [0, 0.1) is 17.5 Å². The predicted molar refractivity (Wildman–Crippen MR) is 140 cm³/mol. The molecule has 196 valence electrons. The number of halogens is 3. The zero-order valence-electron chi connectivity index (χ0n) is 21.8. The summed E-state index contributed by atoms with van der Waals surface area (Å²) < 4.78 is 52.3. The Balaban J connectivity index is 1.69. The Hall–Kier alpha value is -4.71. The highest BCUT2D eigenvalue weighted by atomic mass is 19.1. The number of carbonyl (C=O) groups excluding carboxylic acids is 1. The van der Waals surface area contributed by atoms with Crippen molar-refractivity contribution in [2.45, 2.75) is 0 Å². The van der Waals surface area contributed by atoms with Crippen molar-refractivity contribution in [3.8, 4) is 11.1 Å². The van der Waals surface area contributed by atoms with Gasteiger partial charge in [0, 0.05) is 49.4 Å². The van der Waals surface area contributed by atoms with Crippen LogP contribution in [-0.2, 0) is 11.8 Å². The molecule has 0 spiro atoms. The molecule has 0 bridgehead atoms. The van der Waals surface area contributed by atoms with Gasteiger partial charge in [-0.3, -0.25) is 9.48 Å². The van der Waals surface area contributed by atoms with E-state index in [1.807, 2.05) is 19.0 Å². The number of carbonyl (C=O) groups is 1. The second kappa shape index (κ2) is 11.6. The summed E-state index contributed by atoms with van der Waals surface area (Å²) in [6.07, 6.45) is 7.59. The van der Waals surface area contributed by atoms with Crippen molar-refractivity contribution < 1.29 is 19.3 Å². The Kier molecular flexibility index (Phi) is 7.59. The molecule has 3 N–H and O–H groups in total. The standard InChI is InChI=1S/C26H25F3N8O/c1-36(2)8-4-5-24(38)32-19-6-7-22(29)23(12-19)34-25-21(16-9-17(27)11-18(28)10-16)14-30-26(35-25)33-20-13-31-37(3)15-20/h4-7,9-15H,8H2,1-3H3,(H,32,38)(H2,30,33,34,35)/b5-4+/i11D. The molecule has 12 heteroatoms. The van der Waals surface area contributed by atoms with Gasteiger partial charge >= 0.3 is 0 Å². The first-order valence-electron chi connectivity index (χ1n) is 11.9. The molecule has 0 aliphatic rings. The van der Waals surface area contributed by atoms with Gasteiger partial charge in [0.2, 0.25) is 11.9 Å². The summed E-state index contributed by atoms with van der Waals surface area (Å²) >= 11 is 0. The van der Waals surface area contributed by atoms with E-state index in [0.29, 0.717) is 17.9 Å². The lowest BCUT2D eigenvalue weighted by molar-refractivity contribution is -0.111. The Morgan fingerprint density at radius 3 is 2.55 bits per heavy atom. The number of hydrogen-bond donors (Lipinski definition) is 3. The number of benzene rings is 2. The van der Waals surface area contributed by atoms with Gasteiger partial charge in [0.25, 0.3) is 0 Å². The highest BCUT2D eigenvalue weighted by molar-refractivity contribution is 5.99. The maximum atomic E-state index is 14.8. The number of amides is 1. The molecule has 0 atom stereocenters. The van der Waals surface area contributed by atoms with E-state index in [2.05, 4.69) is 31.0 Å². The monoisotopic (exact) mass is 523 g/mol. The van der Waals surface area contributed by atoms with Crippen LogP contribution in [0.25, 0.3) is 11.1 Å². The minimum absolute atomic E-state index is 0.0150. The van der Waals surface area contributed by atoms with Crippen molar-refractivity contribution in [3.05, 3.63) is 84.6 Å². The van der Waals surface area contributed by atoms with Gasteiger partial charge < -0.3 is 20.9 Å². The summed E-state index contributed by atoms with van der Waals surface area (Å²) in [4.78, 5) is 22.7. The maximum Gasteiger partial charge on any atom is 0.248 e. The lowest BCUT2D eigenvalue weighted by Gasteiger charge is -2.15. The number of nitrogens with zero attached hydrogens (tertiary/aromatic N) is 5. The van der Waals surface area contributed by atoms with Crippen LogP contribution in [0.2, 0.25) is 0 Å². The molecule has 0 aliphatic heterocycles. The molecule has 4 rings (SSSR count). The molecule has 0 saturated carbocycles. The number of aromatic nitrogens is 4. The van der Waals surface area contributed by atoms with Crippen molar-refractivity contribution in [2.24, 2.45) is 7.05 Å². The molecular formula is C26H25F3N8O. The van der Waals surface area contributed by atoms with Crippen LogP contribution >= 0.6 is 0 Å². The topological polar surface area (TPSA) is 100 Å². The highest BCUT2D eigenvalue weighted by Crippen LogP contribution is 2.32. The number of rotatable bonds is 9. The Morgan fingerprint density at radius 2 is 1.87 bits per heavy atom. The molecule has 1 amide bonds. The molecule has 0 fully saturated rings. The second-order valence-corrected chi connectivity index (χ2v) is 8.52. The van der Waals surface area contributed by atoms with Gasteiger partial charge in [-0.25, -0.2) is 18.2 Å². The third-order valence-electron chi connectivity index (χ3n) is 5.09. The summed E-state index contributed by atoms with van der Waals surface area (Å²) in [5.74, 6) is -3.11. The van der Waals surface area contributed by atoms with E-state index in [4.69, 9.17) is 1.37 Å². The Labute approximate surface area is 218 Å². The average molecular weight is 524 g/mol. The number of anilines is 5. The average Bonchev–Trinajstić information content (AvgIpc) is 3.28.